The molecule has 3 amide bonds. The zero-order valence-electron chi connectivity index (χ0n) is 16.9. The number of nitrogens with one attached hydrogen (secondary N) is 2. The van der Waals surface area contributed by atoms with Crippen LogP contribution in [-0.2, 0) is 14.3 Å². The fourth-order valence-electron chi connectivity index (χ4n) is 6.01. The maximum absolute atomic E-state index is 12.8. The minimum absolute atomic E-state index is 0.353. The van der Waals surface area contributed by atoms with Crippen LogP contribution in [0.25, 0.3) is 0 Å². The summed E-state index contributed by atoms with van der Waals surface area (Å²) in [6, 6.07) is 4.90. The predicted octanol–water partition coefficient (Wildman–Crippen LogP) is 2.83. The molecule has 0 heterocycles. The normalized spacial score (nSPS) is 32.0. The number of anilines is 1. The van der Waals surface area contributed by atoms with E-state index in [1.807, 2.05) is 26.0 Å². The minimum Gasteiger partial charge on any atom is -0.455 e. The van der Waals surface area contributed by atoms with Crippen molar-refractivity contribution in [3.05, 3.63) is 29.3 Å². The SMILES string of the molecule is Cc1ccc(NC(=O)NC(=O)COC(=O)C23C[C@@H]4C[C@@H](CC(O)(C4)C2)C3)c(C)c1. The molecule has 4 atom stereocenters. The van der Waals surface area contributed by atoms with Gasteiger partial charge < -0.3 is 15.2 Å². The molecule has 7 heteroatoms. The van der Waals surface area contributed by atoms with E-state index in [9.17, 15) is 19.5 Å². The summed E-state index contributed by atoms with van der Waals surface area (Å²) in [5.74, 6) is -0.392. The van der Waals surface area contributed by atoms with E-state index in [1.54, 1.807) is 6.07 Å². The van der Waals surface area contributed by atoms with Crippen LogP contribution in [0.1, 0.15) is 49.7 Å². The second-order valence-electron chi connectivity index (χ2n) is 9.36. The zero-order valence-corrected chi connectivity index (χ0v) is 16.9. The van der Waals surface area contributed by atoms with E-state index >= 15 is 0 Å². The van der Waals surface area contributed by atoms with Crippen molar-refractivity contribution in [2.75, 3.05) is 11.9 Å². The highest BCUT2D eigenvalue weighted by molar-refractivity contribution is 6.02. The largest absolute Gasteiger partial charge is 0.455 e. The molecule has 0 radical (unpaired) electrons. The first-order chi connectivity index (χ1) is 13.7. The number of amides is 3. The number of esters is 1. The summed E-state index contributed by atoms with van der Waals surface area (Å²) in [7, 11) is 0. The van der Waals surface area contributed by atoms with Crippen LogP contribution in [-0.4, -0.2) is 35.2 Å². The van der Waals surface area contributed by atoms with E-state index in [-0.39, 0.29) is 0 Å². The van der Waals surface area contributed by atoms with Crippen LogP contribution < -0.4 is 10.6 Å². The van der Waals surface area contributed by atoms with Crippen LogP contribution in [0.2, 0.25) is 0 Å². The molecule has 29 heavy (non-hydrogen) atoms. The van der Waals surface area contributed by atoms with E-state index in [2.05, 4.69) is 10.6 Å². The number of imide groups is 1. The fraction of sp³-hybridized carbons (Fsp3) is 0.591. The van der Waals surface area contributed by atoms with Gasteiger partial charge in [0, 0.05) is 5.69 Å². The van der Waals surface area contributed by atoms with E-state index in [4.69, 9.17) is 4.74 Å². The molecular formula is C22H28N2O5. The van der Waals surface area contributed by atoms with Gasteiger partial charge in [0.1, 0.15) is 0 Å². The highest BCUT2D eigenvalue weighted by Gasteiger charge is 2.60. The van der Waals surface area contributed by atoms with Crippen LogP contribution >= 0.6 is 0 Å². The molecule has 0 aliphatic heterocycles. The first-order valence-corrected chi connectivity index (χ1v) is 10.2. The molecule has 4 fully saturated rings. The molecule has 2 unspecified atom stereocenters. The summed E-state index contributed by atoms with van der Waals surface area (Å²) in [6.07, 6.45) is 4.45. The highest BCUT2D eigenvalue weighted by atomic mass is 16.5. The molecule has 156 valence electrons. The third kappa shape index (κ3) is 4.01. The molecule has 3 N–H and O–H groups in total. The van der Waals surface area contributed by atoms with Gasteiger partial charge in [-0.25, -0.2) is 4.79 Å². The molecule has 4 bridgehead atoms. The summed E-state index contributed by atoms with van der Waals surface area (Å²) < 4.78 is 5.28. The van der Waals surface area contributed by atoms with E-state index < -0.39 is 35.5 Å². The summed E-state index contributed by atoms with van der Waals surface area (Å²) in [4.78, 5) is 36.9. The second-order valence-corrected chi connectivity index (χ2v) is 9.36. The standard InChI is InChI=1S/C22H28N2O5/c1-13-3-4-17(14(2)5-13)23-20(27)24-18(25)11-29-19(26)21-7-15-6-16(8-21)10-22(28,9-15)12-21/h3-5,15-16,28H,6-12H2,1-2H3,(H2,23,24,25,27)/t15-,16+,21?,22?. The Labute approximate surface area is 170 Å². The number of benzene rings is 1. The number of ether oxygens (including phenoxy) is 1. The number of carbonyl (C=O) groups excluding carboxylic acids is 3. The number of rotatable bonds is 4. The molecule has 7 nitrogen and oxygen atoms in total. The Hall–Kier alpha value is -2.41. The van der Waals surface area contributed by atoms with E-state index in [0.29, 0.717) is 23.9 Å². The van der Waals surface area contributed by atoms with Gasteiger partial charge in [0.2, 0.25) is 0 Å². The molecule has 1 aromatic rings. The first-order valence-electron chi connectivity index (χ1n) is 10.2. The van der Waals surface area contributed by atoms with Gasteiger partial charge >= 0.3 is 12.0 Å². The zero-order chi connectivity index (χ0) is 20.8. The van der Waals surface area contributed by atoms with E-state index in [0.717, 1.165) is 43.2 Å². The molecule has 1 aromatic carbocycles. The summed E-state index contributed by atoms with van der Waals surface area (Å²) in [5, 5.41) is 15.6. The third-order valence-corrected chi connectivity index (χ3v) is 6.68. The molecule has 0 saturated heterocycles. The fourth-order valence-corrected chi connectivity index (χ4v) is 6.01. The van der Waals surface area contributed by atoms with Crippen LogP contribution in [0, 0.1) is 31.1 Å². The maximum Gasteiger partial charge on any atom is 0.325 e. The Morgan fingerprint density at radius 3 is 2.45 bits per heavy atom. The van der Waals surface area contributed by atoms with Crippen molar-refractivity contribution in [3.63, 3.8) is 0 Å². The van der Waals surface area contributed by atoms with Crippen LogP contribution in [0.5, 0.6) is 0 Å². The van der Waals surface area contributed by atoms with Gasteiger partial charge in [0.15, 0.2) is 6.61 Å². The molecule has 4 aliphatic carbocycles. The Kier molecular flexibility index (Phi) is 4.89. The molecule has 5 rings (SSSR count). The van der Waals surface area contributed by atoms with Crippen molar-refractivity contribution in [3.8, 4) is 0 Å². The molecular weight excluding hydrogens is 372 g/mol. The molecule has 4 saturated carbocycles. The lowest BCUT2D eigenvalue weighted by Crippen LogP contribution is -2.58. The highest BCUT2D eigenvalue weighted by Crippen LogP contribution is 2.61. The topological polar surface area (TPSA) is 105 Å². The third-order valence-electron chi connectivity index (χ3n) is 6.68. The lowest BCUT2D eigenvalue weighted by Gasteiger charge is -2.58. The Morgan fingerprint density at radius 1 is 1.14 bits per heavy atom. The molecule has 4 aliphatic rings. The number of carbonyl (C=O) groups is 3. The number of aryl methyl sites for hydroxylation is 2. The number of hydrogen-bond acceptors (Lipinski definition) is 5. The molecule has 0 aromatic heterocycles. The van der Waals surface area contributed by atoms with Crippen LogP contribution in [0.4, 0.5) is 10.5 Å². The number of aliphatic hydroxyl groups is 1. The second kappa shape index (κ2) is 7.13. The van der Waals surface area contributed by atoms with E-state index in [1.165, 1.54) is 0 Å². The average Bonchev–Trinajstić information content (AvgIpc) is 2.60. The van der Waals surface area contributed by atoms with Crippen molar-refractivity contribution in [2.24, 2.45) is 17.3 Å². The van der Waals surface area contributed by atoms with Gasteiger partial charge in [-0.3, -0.25) is 14.9 Å². The maximum atomic E-state index is 12.8. The van der Waals surface area contributed by atoms with Crippen molar-refractivity contribution in [2.45, 2.75) is 58.0 Å². The first kappa shape index (κ1) is 19.9. The Bertz CT molecular complexity index is 851. The minimum atomic E-state index is -0.767. The van der Waals surface area contributed by atoms with Gasteiger partial charge in [-0.2, -0.15) is 0 Å². The van der Waals surface area contributed by atoms with Crippen molar-refractivity contribution < 1.29 is 24.2 Å². The molecule has 0 spiro atoms. The lowest BCUT2D eigenvalue weighted by atomic mass is 9.48. The summed E-state index contributed by atoms with van der Waals surface area (Å²) in [6.45, 7) is 3.32. The van der Waals surface area contributed by atoms with Gasteiger partial charge in [-0.1, -0.05) is 17.7 Å². The van der Waals surface area contributed by atoms with Crippen molar-refractivity contribution in [1.82, 2.24) is 5.32 Å². The van der Waals surface area contributed by atoms with Gasteiger partial charge in [0.25, 0.3) is 5.91 Å². The lowest BCUT2D eigenvalue weighted by molar-refractivity contribution is -0.196. The Balaban J connectivity index is 1.29. The van der Waals surface area contributed by atoms with Gasteiger partial charge in [-0.05, 0) is 75.8 Å². The van der Waals surface area contributed by atoms with Crippen LogP contribution in [0.3, 0.4) is 0 Å². The van der Waals surface area contributed by atoms with Gasteiger partial charge in [0.05, 0.1) is 11.0 Å². The van der Waals surface area contributed by atoms with Crippen molar-refractivity contribution >= 4 is 23.6 Å². The van der Waals surface area contributed by atoms with Crippen LogP contribution in [0.15, 0.2) is 18.2 Å². The summed E-state index contributed by atoms with van der Waals surface area (Å²) in [5.41, 5.74) is 1.13. The monoisotopic (exact) mass is 400 g/mol. The smallest absolute Gasteiger partial charge is 0.325 e. The van der Waals surface area contributed by atoms with Gasteiger partial charge in [-0.15, -0.1) is 0 Å². The predicted molar refractivity (Wildman–Crippen MR) is 106 cm³/mol. The quantitative estimate of drug-likeness (QED) is 0.674. The number of hydrogen-bond donors (Lipinski definition) is 3. The number of urea groups is 1. The average molecular weight is 400 g/mol. The Morgan fingerprint density at radius 2 is 1.83 bits per heavy atom. The summed E-state index contributed by atoms with van der Waals surface area (Å²) >= 11 is 0. The van der Waals surface area contributed by atoms with Crippen molar-refractivity contribution in [1.29, 1.82) is 0 Å².